The van der Waals surface area contributed by atoms with E-state index >= 15 is 0 Å². The Kier molecular flexibility index (Phi) is 4.49. The van der Waals surface area contributed by atoms with E-state index in [0.29, 0.717) is 10.8 Å². The summed E-state index contributed by atoms with van der Waals surface area (Å²) in [7, 11) is 1.35. The maximum absolute atomic E-state index is 11.5. The first-order valence-electron chi connectivity index (χ1n) is 4.86. The van der Waals surface area contributed by atoms with Crippen molar-refractivity contribution in [2.45, 2.75) is 19.9 Å². The van der Waals surface area contributed by atoms with E-state index in [4.69, 9.17) is 16.3 Å². The highest BCUT2D eigenvalue weighted by molar-refractivity contribution is 6.32. The number of carbonyl (C=O) groups excluding carboxylic acids is 1. The zero-order valence-corrected chi connectivity index (χ0v) is 10.2. The summed E-state index contributed by atoms with van der Waals surface area (Å²) < 4.78 is 4.70. The average Bonchev–Trinajstić information content (AvgIpc) is 2.26. The topological polar surface area (TPSA) is 64.1 Å². The van der Waals surface area contributed by atoms with Crippen LogP contribution in [0.1, 0.15) is 13.8 Å². The monoisotopic (exact) mass is 243 g/mol. The molecule has 0 fully saturated rings. The Morgan fingerprint density at radius 3 is 2.75 bits per heavy atom. The highest BCUT2D eigenvalue weighted by atomic mass is 35.5. The first kappa shape index (κ1) is 12.7. The minimum atomic E-state index is -0.475. The molecule has 0 saturated heterocycles. The van der Waals surface area contributed by atoms with Gasteiger partial charge in [-0.3, -0.25) is 0 Å². The summed E-state index contributed by atoms with van der Waals surface area (Å²) in [5.41, 5.74) is 0. The molecule has 0 aromatic carbocycles. The number of hydrogen-bond acceptors (Lipinski definition) is 5. The highest BCUT2D eigenvalue weighted by Crippen LogP contribution is 2.19. The number of methoxy groups -OCH3 is 1. The van der Waals surface area contributed by atoms with Gasteiger partial charge in [-0.2, -0.15) is 0 Å². The molecule has 0 aliphatic rings. The fourth-order valence-corrected chi connectivity index (χ4v) is 1.35. The molecule has 1 N–H and O–H groups in total. The third-order valence-electron chi connectivity index (χ3n) is 2.08. The van der Waals surface area contributed by atoms with Gasteiger partial charge >= 0.3 is 5.97 Å². The van der Waals surface area contributed by atoms with Crippen LogP contribution in [0.25, 0.3) is 0 Å². The second-order valence-corrected chi connectivity index (χ2v) is 4.02. The number of rotatable bonds is 4. The van der Waals surface area contributed by atoms with Crippen molar-refractivity contribution in [2.24, 2.45) is 5.92 Å². The molecule has 5 nitrogen and oxygen atoms in total. The first-order valence-corrected chi connectivity index (χ1v) is 5.24. The van der Waals surface area contributed by atoms with E-state index in [1.165, 1.54) is 19.6 Å². The van der Waals surface area contributed by atoms with Crippen LogP contribution in [0.2, 0.25) is 5.02 Å². The molecule has 1 aromatic heterocycles. The Morgan fingerprint density at radius 2 is 2.25 bits per heavy atom. The molecule has 88 valence electrons. The van der Waals surface area contributed by atoms with Gasteiger partial charge in [0, 0.05) is 0 Å². The van der Waals surface area contributed by atoms with Gasteiger partial charge in [-0.1, -0.05) is 25.4 Å². The molecular formula is C10H14ClN3O2. The second-order valence-electron chi connectivity index (χ2n) is 3.61. The lowest BCUT2D eigenvalue weighted by Crippen LogP contribution is -2.35. The minimum absolute atomic E-state index is 0.0680. The molecule has 0 spiro atoms. The largest absolute Gasteiger partial charge is 0.467 e. The van der Waals surface area contributed by atoms with Crippen molar-refractivity contribution >= 4 is 23.4 Å². The summed E-state index contributed by atoms with van der Waals surface area (Å²) in [6.45, 7) is 3.81. The molecule has 16 heavy (non-hydrogen) atoms. The van der Waals surface area contributed by atoms with Gasteiger partial charge in [-0.25, -0.2) is 14.8 Å². The van der Waals surface area contributed by atoms with Crippen LogP contribution in [-0.4, -0.2) is 29.1 Å². The first-order chi connectivity index (χ1) is 7.56. The summed E-state index contributed by atoms with van der Waals surface area (Å²) in [6, 6.07) is -0.475. The van der Waals surface area contributed by atoms with Crippen LogP contribution in [0.5, 0.6) is 0 Å². The normalized spacial score (nSPS) is 12.3. The molecule has 1 aromatic rings. The number of nitrogens with one attached hydrogen (secondary N) is 1. The van der Waals surface area contributed by atoms with Gasteiger partial charge in [0.1, 0.15) is 23.2 Å². The molecule has 0 aliphatic carbocycles. The Labute approximate surface area is 99.2 Å². The van der Waals surface area contributed by atoms with Gasteiger partial charge in [0.15, 0.2) is 0 Å². The summed E-state index contributed by atoms with van der Waals surface area (Å²) in [4.78, 5) is 19.2. The van der Waals surface area contributed by atoms with Crippen LogP contribution < -0.4 is 5.32 Å². The number of aromatic nitrogens is 2. The number of hydrogen-bond donors (Lipinski definition) is 1. The lowest BCUT2D eigenvalue weighted by molar-refractivity contribution is -0.142. The SMILES string of the molecule is COC(=O)C(Nc1ncncc1Cl)C(C)C. The Balaban J connectivity index is 2.84. The van der Waals surface area contributed by atoms with E-state index in [2.05, 4.69) is 15.3 Å². The molecule has 1 unspecified atom stereocenters. The Hall–Kier alpha value is -1.36. The minimum Gasteiger partial charge on any atom is -0.467 e. The number of halogens is 1. The van der Waals surface area contributed by atoms with Gasteiger partial charge < -0.3 is 10.1 Å². The van der Waals surface area contributed by atoms with Crippen LogP contribution in [0.4, 0.5) is 5.82 Å². The third-order valence-corrected chi connectivity index (χ3v) is 2.36. The molecule has 0 radical (unpaired) electrons. The van der Waals surface area contributed by atoms with E-state index in [0.717, 1.165) is 0 Å². The average molecular weight is 244 g/mol. The van der Waals surface area contributed by atoms with Gasteiger partial charge in [0.25, 0.3) is 0 Å². The summed E-state index contributed by atoms with van der Waals surface area (Å²) in [5.74, 6) is 0.156. The number of esters is 1. The molecule has 6 heteroatoms. The third kappa shape index (κ3) is 3.06. The Bertz CT molecular complexity index is 371. The maximum Gasteiger partial charge on any atom is 0.328 e. The zero-order chi connectivity index (χ0) is 12.1. The predicted molar refractivity (Wildman–Crippen MR) is 61.3 cm³/mol. The van der Waals surface area contributed by atoms with Crippen LogP contribution in [-0.2, 0) is 9.53 Å². The number of ether oxygens (including phenoxy) is 1. The van der Waals surface area contributed by atoms with Crippen molar-refractivity contribution in [3.05, 3.63) is 17.5 Å². The van der Waals surface area contributed by atoms with Crippen LogP contribution in [0.15, 0.2) is 12.5 Å². The van der Waals surface area contributed by atoms with Crippen molar-refractivity contribution < 1.29 is 9.53 Å². The molecule has 1 atom stereocenters. The van der Waals surface area contributed by atoms with E-state index in [-0.39, 0.29) is 11.9 Å². The van der Waals surface area contributed by atoms with Gasteiger partial charge in [0.05, 0.1) is 13.3 Å². The van der Waals surface area contributed by atoms with Gasteiger partial charge in [-0.05, 0) is 5.92 Å². The number of carbonyl (C=O) groups is 1. The lowest BCUT2D eigenvalue weighted by atomic mass is 10.0. The van der Waals surface area contributed by atoms with Crippen LogP contribution in [0, 0.1) is 5.92 Å². The van der Waals surface area contributed by atoms with Gasteiger partial charge in [0.2, 0.25) is 0 Å². The fraction of sp³-hybridized carbons (Fsp3) is 0.500. The zero-order valence-electron chi connectivity index (χ0n) is 9.40. The van der Waals surface area contributed by atoms with E-state index in [1.807, 2.05) is 13.8 Å². The van der Waals surface area contributed by atoms with Crippen LogP contribution >= 0.6 is 11.6 Å². The lowest BCUT2D eigenvalue weighted by Gasteiger charge is -2.20. The molecular weight excluding hydrogens is 230 g/mol. The number of anilines is 1. The smallest absolute Gasteiger partial charge is 0.328 e. The van der Waals surface area contributed by atoms with E-state index < -0.39 is 6.04 Å². The van der Waals surface area contributed by atoms with Crippen molar-refractivity contribution in [2.75, 3.05) is 12.4 Å². The summed E-state index contributed by atoms with van der Waals surface area (Å²) in [6.07, 6.45) is 2.83. The number of nitrogens with zero attached hydrogens (tertiary/aromatic N) is 2. The quantitative estimate of drug-likeness (QED) is 0.816. The molecule has 1 rings (SSSR count). The van der Waals surface area contributed by atoms with E-state index in [9.17, 15) is 4.79 Å². The van der Waals surface area contributed by atoms with Crippen molar-refractivity contribution in [1.29, 1.82) is 0 Å². The standard InChI is InChI=1S/C10H14ClN3O2/c1-6(2)8(10(15)16-3)14-9-7(11)4-12-5-13-9/h4-6,8H,1-3H3,(H,12,13,14). The predicted octanol–water partition coefficient (Wildman–Crippen LogP) is 1.74. The van der Waals surface area contributed by atoms with Crippen molar-refractivity contribution in [3.8, 4) is 0 Å². The molecule has 0 aliphatic heterocycles. The van der Waals surface area contributed by atoms with Gasteiger partial charge in [-0.15, -0.1) is 0 Å². The Morgan fingerprint density at radius 1 is 1.56 bits per heavy atom. The summed E-state index contributed by atoms with van der Waals surface area (Å²) >= 11 is 5.88. The van der Waals surface area contributed by atoms with Crippen LogP contribution in [0.3, 0.4) is 0 Å². The van der Waals surface area contributed by atoms with E-state index in [1.54, 1.807) is 0 Å². The van der Waals surface area contributed by atoms with Crippen molar-refractivity contribution in [3.63, 3.8) is 0 Å². The molecule has 0 amide bonds. The summed E-state index contributed by atoms with van der Waals surface area (Å²) in [5, 5.41) is 3.31. The highest BCUT2D eigenvalue weighted by Gasteiger charge is 2.23. The van der Waals surface area contributed by atoms with Crippen molar-refractivity contribution in [1.82, 2.24) is 9.97 Å². The second kappa shape index (κ2) is 5.65. The maximum atomic E-state index is 11.5. The molecule has 0 saturated carbocycles. The molecule has 0 bridgehead atoms. The molecule has 1 heterocycles. The fourth-order valence-electron chi connectivity index (χ4n) is 1.19.